The molecule has 0 unspecified atom stereocenters. The van der Waals surface area contributed by atoms with E-state index in [9.17, 15) is 4.79 Å². The van der Waals surface area contributed by atoms with Gasteiger partial charge in [-0.1, -0.05) is 6.07 Å². The third-order valence-electron chi connectivity index (χ3n) is 3.78. The first-order chi connectivity index (χ1) is 10.7. The molecule has 5 heteroatoms. The van der Waals surface area contributed by atoms with E-state index in [0.29, 0.717) is 0 Å². The largest absolute Gasteiger partial charge is 0.399 e. The minimum absolute atomic E-state index is 0.0883. The Morgan fingerprint density at radius 1 is 1.09 bits per heavy atom. The lowest BCUT2D eigenvalue weighted by Crippen LogP contribution is -2.48. The van der Waals surface area contributed by atoms with Crippen LogP contribution in [0.25, 0.3) is 6.08 Å². The van der Waals surface area contributed by atoms with Gasteiger partial charge in [-0.05, 0) is 41.8 Å². The van der Waals surface area contributed by atoms with Crippen molar-refractivity contribution in [1.29, 1.82) is 0 Å². The van der Waals surface area contributed by atoms with Crippen molar-refractivity contribution in [3.63, 3.8) is 0 Å². The van der Waals surface area contributed by atoms with Gasteiger partial charge in [-0.25, -0.2) is 0 Å². The van der Waals surface area contributed by atoms with Gasteiger partial charge in [0.05, 0.1) is 0 Å². The highest BCUT2D eigenvalue weighted by molar-refractivity contribution is 7.10. The smallest absolute Gasteiger partial charge is 0.246 e. The van der Waals surface area contributed by atoms with Crippen LogP contribution in [0, 0.1) is 0 Å². The van der Waals surface area contributed by atoms with Crippen LogP contribution >= 0.6 is 11.3 Å². The summed E-state index contributed by atoms with van der Waals surface area (Å²) in [6.07, 6.45) is 3.56. The van der Waals surface area contributed by atoms with Crippen LogP contribution in [-0.2, 0) is 4.79 Å². The van der Waals surface area contributed by atoms with Gasteiger partial charge in [-0.3, -0.25) is 4.79 Å². The molecule has 2 N–H and O–H groups in total. The Morgan fingerprint density at radius 3 is 2.45 bits per heavy atom. The minimum atomic E-state index is 0.0883. The summed E-state index contributed by atoms with van der Waals surface area (Å²) in [5.41, 5.74) is 7.65. The summed E-state index contributed by atoms with van der Waals surface area (Å²) in [4.78, 5) is 17.5. The molecule has 1 aliphatic heterocycles. The molecule has 0 atom stereocenters. The Bertz CT molecular complexity index is 641. The van der Waals surface area contributed by atoms with Crippen molar-refractivity contribution in [2.45, 2.75) is 0 Å². The van der Waals surface area contributed by atoms with Crippen molar-refractivity contribution in [1.82, 2.24) is 4.90 Å². The van der Waals surface area contributed by atoms with Crippen molar-refractivity contribution >= 4 is 34.7 Å². The molecule has 1 aliphatic rings. The first-order valence-electron chi connectivity index (χ1n) is 7.33. The Kier molecular flexibility index (Phi) is 4.44. The third kappa shape index (κ3) is 3.49. The van der Waals surface area contributed by atoms with Crippen LogP contribution in [0.1, 0.15) is 4.88 Å². The van der Waals surface area contributed by atoms with Gasteiger partial charge in [0.1, 0.15) is 0 Å². The Labute approximate surface area is 134 Å². The number of nitrogen functional groups attached to an aromatic ring is 1. The maximum atomic E-state index is 12.2. The molecule has 4 nitrogen and oxygen atoms in total. The monoisotopic (exact) mass is 313 g/mol. The lowest BCUT2D eigenvalue weighted by molar-refractivity contribution is -0.126. The molecule has 1 aromatic carbocycles. The SMILES string of the molecule is Nc1ccc(N2CCN(C(=O)/C=C/c3cccs3)CC2)cc1. The summed E-state index contributed by atoms with van der Waals surface area (Å²) < 4.78 is 0. The van der Waals surface area contributed by atoms with Crippen molar-refractivity contribution in [3.8, 4) is 0 Å². The van der Waals surface area contributed by atoms with E-state index in [1.165, 1.54) is 0 Å². The van der Waals surface area contributed by atoms with Crippen LogP contribution in [-0.4, -0.2) is 37.0 Å². The highest BCUT2D eigenvalue weighted by atomic mass is 32.1. The first-order valence-corrected chi connectivity index (χ1v) is 8.21. The number of nitrogens with zero attached hydrogens (tertiary/aromatic N) is 2. The second-order valence-electron chi connectivity index (χ2n) is 5.25. The van der Waals surface area contributed by atoms with E-state index < -0.39 is 0 Å². The van der Waals surface area contributed by atoms with Gasteiger partial charge in [-0.15, -0.1) is 11.3 Å². The molecule has 0 spiro atoms. The fourth-order valence-corrected chi connectivity index (χ4v) is 3.13. The molecule has 0 saturated carbocycles. The fraction of sp³-hybridized carbons (Fsp3) is 0.235. The number of carbonyl (C=O) groups is 1. The minimum Gasteiger partial charge on any atom is -0.399 e. The second kappa shape index (κ2) is 6.66. The standard InChI is InChI=1S/C17H19N3OS/c18-14-3-5-15(6-4-14)19-9-11-20(12-10-19)17(21)8-7-16-2-1-13-22-16/h1-8,13H,9-12,18H2/b8-7+. The zero-order chi connectivity index (χ0) is 15.4. The lowest BCUT2D eigenvalue weighted by Gasteiger charge is -2.35. The zero-order valence-electron chi connectivity index (χ0n) is 12.3. The number of nitrogens with two attached hydrogens (primary N) is 1. The van der Waals surface area contributed by atoms with Crippen LogP contribution in [0.3, 0.4) is 0 Å². The molecule has 3 rings (SSSR count). The van der Waals surface area contributed by atoms with E-state index in [4.69, 9.17) is 5.73 Å². The van der Waals surface area contributed by atoms with Crippen LogP contribution in [0.15, 0.2) is 47.9 Å². The van der Waals surface area contributed by atoms with Crippen LogP contribution in [0.4, 0.5) is 11.4 Å². The normalized spacial score (nSPS) is 15.5. The summed E-state index contributed by atoms with van der Waals surface area (Å²) >= 11 is 1.63. The lowest BCUT2D eigenvalue weighted by atomic mass is 10.2. The van der Waals surface area contributed by atoms with Crippen LogP contribution in [0.5, 0.6) is 0 Å². The fourth-order valence-electron chi connectivity index (χ4n) is 2.52. The second-order valence-corrected chi connectivity index (χ2v) is 6.23. The summed E-state index contributed by atoms with van der Waals surface area (Å²) in [6, 6.07) is 11.9. The van der Waals surface area contributed by atoms with E-state index in [0.717, 1.165) is 42.4 Å². The molecule has 2 aromatic rings. The molecule has 22 heavy (non-hydrogen) atoms. The molecule has 0 radical (unpaired) electrons. The summed E-state index contributed by atoms with van der Waals surface area (Å²) in [5, 5.41) is 2.01. The van der Waals surface area contributed by atoms with Gasteiger partial charge >= 0.3 is 0 Å². The Morgan fingerprint density at radius 2 is 1.82 bits per heavy atom. The molecule has 1 amide bonds. The number of rotatable bonds is 3. The maximum absolute atomic E-state index is 12.2. The highest BCUT2D eigenvalue weighted by Crippen LogP contribution is 2.18. The third-order valence-corrected chi connectivity index (χ3v) is 4.62. The molecule has 0 aliphatic carbocycles. The van der Waals surface area contributed by atoms with Crippen LogP contribution in [0.2, 0.25) is 0 Å². The predicted octanol–water partition coefficient (Wildman–Crippen LogP) is 2.69. The van der Waals surface area contributed by atoms with E-state index >= 15 is 0 Å². The zero-order valence-corrected chi connectivity index (χ0v) is 13.1. The number of thiophene rings is 1. The number of hydrogen-bond acceptors (Lipinski definition) is 4. The molecule has 0 bridgehead atoms. The maximum Gasteiger partial charge on any atom is 0.246 e. The molecular weight excluding hydrogens is 294 g/mol. The number of piperazine rings is 1. The number of benzene rings is 1. The first kappa shape index (κ1) is 14.7. The Hall–Kier alpha value is -2.27. The van der Waals surface area contributed by atoms with E-state index in [2.05, 4.69) is 4.90 Å². The molecule has 1 fully saturated rings. The van der Waals surface area contributed by atoms with Crippen molar-refractivity contribution in [3.05, 3.63) is 52.7 Å². The number of carbonyl (C=O) groups excluding carboxylic acids is 1. The van der Waals surface area contributed by atoms with Gasteiger partial charge in [0, 0.05) is 48.5 Å². The van der Waals surface area contributed by atoms with Crippen molar-refractivity contribution in [2.24, 2.45) is 0 Å². The van der Waals surface area contributed by atoms with Gasteiger partial charge in [0.2, 0.25) is 5.91 Å². The molecule has 1 aromatic heterocycles. The number of anilines is 2. The summed E-state index contributed by atoms with van der Waals surface area (Å²) in [7, 11) is 0. The van der Waals surface area contributed by atoms with E-state index in [1.807, 2.05) is 52.8 Å². The summed E-state index contributed by atoms with van der Waals surface area (Å²) in [5.74, 6) is 0.0883. The topological polar surface area (TPSA) is 49.6 Å². The Balaban J connectivity index is 1.55. The average Bonchev–Trinajstić information content (AvgIpc) is 3.07. The molecule has 1 saturated heterocycles. The van der Waals surface area contributed by atoms with Crippen LogP contribution < -0.4 is 10.6 Å². The van der Waals surface area contributed by atoms with Gasteiger partial charge in [0.15, 0.2) is 0 Å². The highest BCUT2D eigenvalue weighted by Gasteiger charge is 2.19. The van der Waals surface area contributed by atoms with Crippen molar-refractivity contribution in [2.75, 3.05) is 36.8 Å². The number of amides is 1. The average molecular weight is 313 g/mol. The van der Waals surface area contributed by atoms with Gasteiger partial charge in [-0.2, -0.15) is 0 Å². The predicted molar refractivity (Wildman–Crippen MR) is 93.0 cm³/mol. The summed E-state index contributed by atoms with van der Waals surface area (Å²) in [6.45, 7) is 3.20. The van der Waals surface area contributed by atoms with E-state index in [-0.39, 0.29) is 5.91 Å². The van der Waals surface area contributed by atoms with Gasteiger partial charge in [0.25, 0.3) is 0 Å². The van der Waals surface area contributed by atoms with Gasteiger partial charge < -0.3 is 15.5 Å². The van der Waals surface area contributed by atoms with Crippen molar-refractivity contribution < 1.29 is 4.79 Å². The molecular formula is C17H19N3OS. The quantitative estimate of drug-likeness (QED) is 0.700. The number of hydrogen-bond donors (Lipinski definition) is 1. The van der Waals surface area contributed by atoms with E-state index in [1.54, 1.807) is 17.4 Å². The molecule has 114 valence electrons. The molecule has 2 heterocycles.